The maximum Gasteiger partial charge on any atom is 0.340 e. The molecule has 1 N–H and O–H groups in total. The first-order chi connectivity index (χ1) is 14.2. The zero-order valence-corrected chi connectivity index (χ0v) is 15.6. The topological polar surface area (TPSA) is 46.5 Å². The zero-order valence-electron chi connectivity index (χ0n) is 15.6. The van der Waals surface area contributed by atoms with Gasteiger partial charge in [-0.25, -0.2) is 4.79 Å². The third-order valence-electron chi connectivity index (χ3n) is 5.46. The van der Waals surface area contributed by atoms with Crippen molar-refractivity contribution in [1.29, 1.82) is 0 Å². The van der Waals surface area contributed by atoms with Crippen LogP contribution in [0.25, 0.3) is 11.1 Å². The lowest BCUT2D eigenvalue weighted by Gasteiger charge is -2.30. The number of esters is 1. The Morgan fingerprint density at radius 3 is 1.93 bits per heavy atom. The van der Waals surface area contributed by atoms with Crippen LogP contribution in [0.2, 0.25) is 0 Å². The molecule has 29 heavy (non-hydrogen) atoms. The molecule has 140 valence electrons. The highest BCUT2D eigenvalue weighted by atomic mass is 16.6. The van der Waals surface area contributed by atoms with E-state index in [9.17, 15) is 9.90 Å². The van der Waals surface area contributed by atoms with Gasteiger partial charge < -0.3 is 9.84 Å². The highest BCUT2D eigenvalue weighted by molar-refractivity contribution is 5.96. The fourth-order valence-corrected chi connectivity index (χ4v) is 4.09. The predicted octanol–water partition coefficient (Wildman–Crippen LogP) is 5.52. The summed E-state index contributed by atoms with van der Waals surface area (Å²) in [6, 6.07) is 32.4. The summed E-state index contributed by atoms with van der Waals surface area (Å²) in [6.45, 7) is 0. The van der Waals surface area contributed by atoms with Gasteiger partial charge in [0.2, 0.25) is 0 Å². The minimum Gasteiger partial charge on any atom is -0.507 e. The smallest absolute Gasteiger partial charge is 0.340 e. The molecule has 4 aromatic carbocycles. The second-order valence-electron chi connectivity index (χ2n) is 7.08. The Morgan fingerprint density at radius 2 is 1.21 bits per heavy atom. The molecule has 1 atom stereocenters. The monoisotopic (exact) mass is 378 g/mol. The average Bonchev–Trinajstić information content (AvgIpc) is 3.09. The molecule has 3 heteroatoms. The van der Waals surface area contributed by atoms with Gasteiger partial charge in [-0.1, -0.05) is 91.0 Å². The van der Waals surface area contributed by atoms with Crippen molar-refractivity contribution in [2.45, 2.75) is 5.60 Å². The Balaban J connectivity index is 1.70. The third kappa shape index (κ3) is 2.63. The van der Waals surface area contributed by atoms with E-state index in [0.717, 1.165) is 27.8 Å². The van der Waals surface area contributed by atoms with Crippen LogP contribution in [0.4, 0.5) is 0 Å². The summed E-state index contributed by atoms with van der Waals surface area (Å²) in [6.07, 6.45) is 0. The van der Waals surface area contributed by atoms with Crippen molar-refractivity contribution < 1.29 is 14.6 Å². The summed E-state index contributed by atoms with van der Waals surface area (Å²) in [4.78, 5) is 12.7. The van der Waals surface area contributed by atoms with Gasteiger partial charge in [0.25, 0.3) is 0 Å². The first kappa shape index (κ1) is 17.3. The lowest BCUT2D eigenvalue weighted by Crippen LogP contribution is -2.29. The summed E-state index contributed by atoms with van der Waals surface area (Å²) in [5.74, 6) is -0.0927. The van der Waals surface area contributed by atoms with Crippen LogP contribution in [0.15, 0.2) is 103 Å². The van der Waals surface area contributed by atoms with Gasteiger partial charge >= 0.3 is 5.97 Å². The van der Waals surface area contributed by atoms with Crippen LogP contribution in [0.1, 0.15) is 27.0 Å². The third-order valence-corrected chi connectivity index (χ3v) is 5.46. The van der Waals surface area contributed by atoms with Gasteiger partial charge in [0.1, 0.15) is 5.75 Å². The first-order valence-corrected chi connectivity index (χ1v) is 9.47. The molecule has 4 aromatic rings. The van der Waals surface area contributed by atoms with Gasteiger partial charge in [-0.05, 0) is 17.7 Å². The highest BCUT2D eigenvalue weighted by Gasteiger charge is 2.48. The number of benzene rings is 4. The maximum atomic E-state index is 12.7. The van der Waals surface area contributed by atoms with Crippen molar-refractivity contribution >= 4 is 5.97 Å². The molecule has 0 fully saturated rings. The van der Waals surface area contributed by atoms with Crippen molar-refractivity contribution in [3.8, 4) is 16.9 Å². The number of aromatic hydroxyl groups is 1. The lowest BCUT2D eigenvalue weighted by atomic mass is 9.79. The Hall–Kier alpha value is -3.85. The van der Waals surface area contributed by atoms with E-state index < -0.39 is 5.60 Å². The molecule has 0 aromatic heterocycles. The lowest BCUT2D eigenvalue weighted by molar-refractivity contribution is 0.0251. The molecular weight excluding hydrogens is 360 g/mol. The number of carbonyl (C=O) groups excluding carboxylic acids is 1. The summed E-state index contributed by atoms with van der Waals surface area (Å²) in [5.41, 5.74) is 3.85. The number of phenolic OH excluding ortho intramolecular Hbond substituents is 1. The van der Waals surface area contributed by atoms with E-state index in [4.69, 9.17) is 4.74 Å². The Kier molecular flexibility index (Phi) is 3.95. The average molecular weight is 378 g/mol. The van der Waals surface area contributed by atoms with Crippen molar-refractivity contribution in [1.82, 2.24) is 0 Å². The largest absolute Gasteiger partial charge is 0.507 e. The molecule has 0 aliphatic carbocycles. The van der Waals surface area contributed by atoms with Crippen LogP contribution in [-0.2, 0) is 10.3 Å². The van der Waals surface area contributed by atoms with Crippen LogP contribution < -0.4 is 0 Å². The summed E-state index contributed by atoms with van der Waals surface area (Å²) in [5, 5.41) is 10.2. The van der Waals surface area contributed by atoms with Crippen LogP contribution in [-0.4, -0.2) is 11.1 Å². The Labute approximate surface area is 168 Å². The van der Waals surface area contributed by atoms with Gasteiger partial charge in [0.15, 0.2) is 5.60 Å². The quantitative estimate of drug-likeness (QED) is 0.477. The molecular formula is C26H18O3. The summed E-state index contributed by atoms with van der Waals surface area (Å²) >= 11 is 0. The highest BCUT2D eigenvalue weighted by Crippen LogP contribution is 2.47. The molecule has 1 heterocycles. The van der Waals surface area contributed by atoms with Crippen LogP contribution >= 0.6 is 0 Å². The first-order valence-electron chi connectivity index (χ1n) is 9.47. The number of cyclic esters (lactones) is 1. The van der Waals surface area contributed by atoms with Gasteiger partial charge in [-0.15, -0.1) is 0 Å². The Bertz CT molecular complexity index is 1200. The number of phenols is 1. The SMILES string of the molecule is O=C1O[C@](c2ccccc2)(c2ccc(-c3ccccc3O)cc2)c2ccccc21. The van der Waals surface area contributed by atoms with E-state index in [1.165, 1.54) is 0 Å². The molecule has 0 radical (unpaired) electrons. The minimum atomic E-state index is -0.994. The molecule has 0 saturated heterocycles. The van der Waals surface area contributed by atoms with E-state index in [1.54, 1.807) is 18.2 Å². The predicted molar refractivity (Wildman–Crippen MR) is 112 cm³/mol. The second-order valence-corrected chi connectivity index (χ2v) is 7.08. The summed E-state index contributed by atoms with van der Waals surface area (Å²) in [7, 11) is 0. The van der Waals surface area contributed by atoms with Gasteiger partial charge in [0.05, 0.1) is 5.56 Å². The van der Waals surface area contributed by atoms with E-state index in [-0.39, 0.29) is 11.7 Å². The fraction of sp³-hybridized carbons (Fsp3) is 0.0385. The molecule has 0 unspecified atom stereocenters. The van der Waals surface area contributed by atoms with E-state index in [2.05, 4.69) is 0 Å². The number of para-hydroxylation sites is 1. The molecule has 0 bridgehead atoms. The van der Waals surface area contributed by atoms with Crippen LogP contribution in [0, 0.1) is 0 Å². The van der Waals surface area contributed by atoms with Crippen LogP contribution in [0.3, 0.4) is 0 Å². The van der Waals surface area contributed by atoms with Crippen molar-refractivity contribution in [3.05, 3.63) is 125 Å². The fourth-order valence-electron chi connectivity index (χ4n) is 4.09. The van der Waals surface area contributed by atoms with Crippen molar-refractivity contribution in [3.63, 3.8) is 0 Å². The minimum absolute atomic E-state index is 0.232. The standard InChI is InChI=1S/C26H18O3/c27-24-13-7-5-10-21(24)18-14-16-20(17-15-18)26(19-8-2-1-3-9-19)23-12-6-4-11-22(23)25(28)29-26/h1-17,27H/t26-/m1/s1. The molecule has 0 amide bonds. The van der Waals surface area contributed by atoms with Crippen molar-refractivity contribution in [2.24, 2.45) is 0 Å². The number of carbonyl (C=O) groups is 1. The van der Waals surface area contributed by atoms with Gasteiger partial charge in [-0.3, -0.25) is 0 Å². The number of fused-ring (bicyclic) bond motifs is 1. The molecule has 0 spiro atoms. The zero-order chi connectivity index (χ0) is 19.8. The number of hydrogen-bond donors (Lipinski definition) is 1. The number of rotatable bonds is 3. The van der Waals surface area contributed by atoms with E-state index >= 15 is 0 Å². The number of ether oxygens (including phenoxy) is 1. The number of hydrogen-bond acceptors (Lipinski definition) is 3. The molecule has 1 aliphatic heterocycles. The van der Waals surface area contributed by atoms with E-state index in [1.807, 2.05) is 84.9 Å². The second kappa shape index (κ2) is 6.64. The molecule has 1 aliphatic rings. The van der Waals surface area contributed by atoms with Crippen LogP contribution in [0.5, 0.6) is 5.75 Å². The summed E-state index contributed by atoms with van der Waals surface area (Å²) < 4.78 is 6.07. The van der Waals surface area contributed by atoms with Crippen molar-refractivity contribution in [2.75, 3.05) is 0 Å². The Morgan fingerprint density at radius 1 is 0.621 bits per heavy atom. The maximum absolute atomic E-state index is 12.7. The molecule has 5 rings (SSSR count). The normalized spacial score (nSPS) is 17.6. The van der Waals surface area contributed by atoms with Gasteiger partial charge in [-0.2, -0.15) is 0 Å². The molecule has 3 nitrogen and oxygen atoms in total. The molecule has 0 saturated carbocycles. The van der Waals surface area contributed by atoms with E-state index in [0.29, 0.717) is 5.56 Å². The van der Waals surface area contributed by atoms with Gasteiger partial charge in [0, 0.05) is 22.3 Å².